The third-order valence-electron chi connectivity index (χ3n) is 4.71. The lowest BCUT2D eigenvalue weighted by Crippen LogP contribution is -2.46. The van der Waals surface area contributed by atoms with Crippen molar-refractivity contribution in [2.75, 3.05) is 50.8 Å². The SMILES string of the molecule is Cc1ccc(N2CCN(CCCOCCc3cc(C)on3)CC2)cc1. The van der Waals surface area contributed by atoms with Crippen LogP contribution in [0.4, 0.5) is 5.69 Å². The van der Waals surface area contributed by atoms with Gasteiger partial charge in [-0.3, -0.25) is 4.90 Å². The molecule has 1 fully saturated rings. The average Bonchev–Trinajstić information content (AvgIpc) is 3.04. The highest BCUT2D eigenvalue weighted by molar-refractivity contribution is 5.47. The predicted octanol–water partition coefficient (Wildman–Crippen LogP) is 3.06. The van der Waals surface area contributed by atoms with Gasteiger partial charge in [-0.05, 0) is 32.4 Å². The number of hydrogen-bond acceptors (Lipinski definition) is 5. The van der Waals surface area contributed by atoms with Gasteiger partial charge in [0, 0.05) is 57.5 Å². The van der Waals surface area contributed by atoms with Gasteiger partial charge in [0.1, 0.15) is 5.76 Å². The highest BCUT2D eigenvalue weighted by atomic mass is 16.5. The minimum absolute atomic E-state index is 0.715. The molecule has 1 aliphatic heterocycles. The van der Waals surface area contributed by atoms with Crippen LogP contribution < -0.4 is 4.90 Å². The topological polar surface area (TPSA) is 41.7 Å². The molecule has 0 N–H and O–H groups in total. The molecule has 1 aromatic heterocycles. The molecule has 0 atom stereocenters. The molecule has 136 valence electrons. The fourth-order valence-corrected chi connectivity index (χ4v) is 3.19. The molecule has 0 radical (unpaired) electrons. The van der Waals surface area contributed by atoms with Crippen molar-refractivity contribution in [2.45, 2.75) is 26.7 Å². The summed E-state index contributed by atoms with van der Waals surface area (Å²) in [5.74, 6) is 0.861. The first kappa shape index (κ1) is 18.0. The van der Waals surface area contributed by atoms with E-state index in [9.17, 15) is 0 Å². The number of aromatic nitrogens is 1. The second kappa shape index (κ2) is 9.02. The van der Waals surface area contributed by atoms with E-state index < -0.39 is 0 Å². The summed E-state index contributed by atoms with van der Waals surface area (Å²) in [6, 6.07) is 10.8. The molecule has 2 heterocycles. The molecule has 1 aromatic carbocycles. The first-order chi connectivity index (χ1) is 12.2. The van der Waals surface area contributed by atoms with Crippen LogP contribution in [0.5, 0.6) is 0 Å². The lowest BCUT2D eigenvalue weighted by Gasteiger charge is -2.36. The van der Waals surface area contributed by atoms with E-state index in [1.165, 1.54) is 11.3 Å². The summed E-state index contributed by atoms with van der Waals surface area (Å²) in [7, 11) is 0. The van der Waals surface area contributed by atoms with Crippen LogP contribution in [0, 0.1) is 13.8 Å². The summed E-state index contributed by atoms with van der Waals surface area (Å²) in [5.41, 5.74) is 3.64. The number of rotatable bonds is 8. The van der Waals surface area contributed by atoms with Crippen LogP contribution in [0.3, 0.4) is 0 Å². The molecule has 0 unspecified atom stereocenters. The molecule has 5 nitrogen and oxygen atoms in total. The standard InChI is InChI=1S/C20H29N3O2/c1-17-4-6-20(7-5-17)23-12-10-22(11-13-23)9-3-14-24-15-8-19-16-18(2)25-21-19/h4-7,16H,3,8-15H2,1-2H3. The number of piperazine rings is 1. The van der Waals surface area contributed by atoms with Crippen LogP contribution in [0.25, 0.3) is 0 Å². The van der Waals surface area contributed by atoms with Crippen LogP contribution in [0.15, 0.2) is 34.9 Å². The van der Waals surface area contributed by atoms with Gasteiger partial charge < -0.3 is 14.2 Å². The van der Waals surface area contributed by atoms with Crippen molar-refractivity contribution in [3.63, 3.8) is 0 Å². The summed E-state index contributed by atoms with van der Waals surface area (Å²) < 4.78 is 10.8. The van der Waals surface area contributed by atoms with E-state index in [0.29, 0.717) is 6.61 Å². The number of anilines is 1. The lowest BCUT2D eigenvalue weighted by atomic mass is 10.2. The third-order valence-corrected chi connectivity index (χ3v) is 4.71. The number of nitrogens with zero attached hydrogens (tertiary/aromatic N) is 3. The maximum absolute atomic E-state index is 5.72. The van der Waals surface area contributed by atoms with Crippen molar-refractivity contribution in [2.24, 2.45) is 0 Å². The Morgan fingerprint density at radius 3 is 2.48 bits per heavy atom. The second-order valence-electron chi connectivity index (χ2n) is 6.81. The fourth-order valence-electron chi connectivity index (χ4n) is 3.19. The molecule has 0 spiro atoms. The van der Waals surface area contributed by atoms with E-state index in [1.54, 1.807) is 0 Å². The van der Waals surface area contributed by atoms with Crippen molar-refractivity contribution in [3.05, 3.63) is 47.3 Å². The Morgan fingerprint density at radius 2 is 1.80 bits per heavy atom. The van der Waals surface area contributed by atoms with Crippen LogP contribution >= 0.6 is 0 Å². The Bertz CT molecular complexity index is 631. The van der Waals surface area contributed by atoms with E-state index >= 15 is 0 Å². The van der Waals surface area contributed by atoms with Crippen molar-refractivity contribution < 1.29 is 9.26 Å². The smallest absolute Gasteiger partial charge is 0.133 e. The van der Waals surface area contributed by atoms with Gasteiger partial charge >= 0.3 is 0 Å². The summed E-state index contributed by atoms with van der Waals surface area (Å²) in [6.07, 6.45) is 1.91. The van der Waals surface area contributed by atoms with E-state index in [4.69, 9.17) is 9.26 Å². The lowest BCUT2D eigenvalue weighted by molar-refractivity contribution is 0.121. The van der Waals surface area contributed by atoms with E-state index in [0.717, 1.165) is 63.6 Å². The van der Waals surface area contributed by atoms with Gasteiger partial charge in [0.2, 0.25) is 0 Å². The normalized spacial score (nSPS) is 15.7. The molecule has 0 aliphatic carbocycles. The zero-order valence-corrected chi connectivity index (χ0v) is 15.4. The van der Waals surface area contributed by atoms with Crippen molar-refractivity contribution in [1.82, 2.24) is 10.1 Å². The molecule has 0 bridgehead atoms. The number of aryl methyl sites for hydroxylation is 2. The van der Waals surface area contributed by atoms with Crippen molar-refractivity contribution in [1.29, 1.82) is 0 Å². The zero-order valence-electron chi connectivity index (χ0n) is 15.4. The first-order valence-corrected chi connectivity index (χ1v) is 9.24. The fraction of sp³-hybridized carbons (Fsp3) is 0.550. The minimum atomic E-state index is 0.715. The van der Waals surface area contributed by atoms with Gasteiger partial charge in [-0.15, -0.1) is 0 Å². The molecule has 0 amide bonds. The largest absolute Gasteiger partial charge is 0.381 e. The minimum Gasteiger partial charge on any atom is -0.381 e. The van der Waals surface area contributed by atoms with Gasteiger partial charge in [0.15, 0.2) is 0 Å². The first-order valence-electron chi connectivity index (χ1n) is 9.24. The van der Waals surface area contributed by atoms with Crippen LogP contribution in [-0.4, -0.2) is 56.0 Å². The highest BCUT2D eigenvalue weighted by Gasteiger charge is 2.16. The van der Waals surface area contributed by atoms with Crippen LogP contribution in [0.1, 0.15) is 23.4 Å². The van der Waals surface area contributed by atoms with E-state index in [2.05, 4.69) is 46.1 Å². The summed E-state index contributed by atoms with van der Waals surface area (Å²) in [4.78, 5) is 5.02. The Balaban J connectivity index is 1.26. The Morgan fingerprint density at radius 1 is 1.04 bits per heavy atom. The molecule has 1 saturated heterocycles. The molecule has 1 aliphatic rings. The Labute approximate surface area is 150 Å². The molecular weight excluding hydrogens is 314 g/mol. The highest BCUT2D eigenvalue weighted by Crippen LogP contribution is 2.17. The molecule has 0 saturated carbocycles. The molecular formula is C20H29N3O2. The number of ether oxygens (including phenoxy) is 1. The van der Waals surface area contributed by atoms with Gasteiger partial charge in [-0.2, -0.15) is 0 Å². The summed E-state index contributed by atoms with van der Waals surface area (Å²) in [5, 5.41) is 3.98. The Hall–Kier alpha value is -1.85. The van der Waals surface area contributed by atoms with Gasteiger partial charge in [-0.1, -0.05) is 22.9 Å². The average molecular weight is 343 g/mol. The van der Waals surface area contributed by atoms with Gasteiger partial charge in [0.05, 0.1) is 12.3 Å². The number of benzene rings is 1. The quantitative estimate of drug-likeness (QED) is 0.689. The zero-order chi connectivity index (χ0) is 17.5. The summed E-state index contributed by atoms with van der Waals surface area (Å²) >= 11 is 0. The maximum atomic E-state index is 5.72. The third kappa shape index (κ3) is 5.58. The van der Waals surface area contributed by atoms with Crippen molar-refractivity contribution in [3.8, 4) is 0 Å². The molecule has 2 aromatic rings. The van der Waals surface area contributed by atoms with Crippen LogP contribution in [-0.2, 0) is 11.2 Å². The van der Waals surface area contributed by atoms with Crippen molar-refractivity contribution >= 4 is 5.69 Å². The number of hydrogen-bond donors (Lipinski definition) is 0. The van der Waals surface area contributed by atoms with E-state index in [1.807, 2.05) is 13.0 Å². The monoisotopic (exact) mass is 343 g/mol. The Kier molecular flexibility index (Phi) is 6.48. The molecule has 25 heavy (non-hydrogen) atoms. The second-order valence-corrected chi connectivity index (χ2v) is 6.81. The molecule has 5 heteroatoms. The predicted molar refractivity (Wildman–Crippen MR) is 100 cm³/mol. The maximum Gasteiger partial charge on any atom is 0.133 e. The van der Waals surface area contributed by atoms with Crippen LogP contribution in [0.2, 0.25) is 0 Å². The molecule has 3 rings (SSSR count). The van der Waals surface area contributed by atoms with Gasteiger partial charge in [-0.25, -0.2) is 0 Å². The summed E-state index contributed by atoms with van der Waals surface area (Å²) in [6.45, 7) is 11.2. The van der Waals surface area contributed by atoms with Gasteiger partial charge in [0.25, 0.3) is 0 Å². The van der Waals surface area contributed by atoms with E-state index in [-0.39, 0.29) is 0 Å².